The summed E-state index contributed by atoms with van der Waals surface area (Å²) in [6, 6.07) is 1.01. The van der Waals surface area contributed by atoms with E-state index in [1.807, 2.05) is 13.8 Å². The molecule has 170 valence electrons. The SMILES string of the molecule is CCO[Si](C)(CCCCOCCOCCOCCOCCOCCN)OCC. The Morgan fingerprint density at radius 2 is 0.964 bits per heavy atom. The Bertz CT molecular complexity index is 308. The first-order valence-electron chi connectivity index (χ1n) is 10.5. The van der Waals surface area contributed by atoms with Gasteiger partial charge in [-0.2, -0.15) is 0 Å². The Hall–Kier alpha value is -0.103. The van der Waals surface area contributed by atoms with Gasteiger partial charge in [-0.15, -0.1) is 0 Å². The van der Waals surface area contributed by atoms with E-state index in [4.69, 9.17) is 38.3 Å². The zero-order valence-corrected chi connectivity index (χ0v) is 19.2. The van der Waals surface area contributed by atoms with Gasteiger partial charge in [0.05, 0.1) is 59.5 Å². The summed E-state index contributed by atoms with van der Waals surface area (Å²) in [5.41, 5.74) is 5.32. The van der Waals surface area contributed by atoms with Gasteiger partial charge < -0.3 is 38.3 Å². The van der Waals surface area contributed by atoms with Crippen LogP contribution in [-0.2, 0) is 32.5 Å². The molecule has 0 saturated carbocycles. The summed E-state index contributed by atoms with van der Waals surface area (Å²) in [5.74, 6) is 0. The van der Waals surface area contributed by atoms with E-state index < -0.39 is 8.56 Å². The van der Waals surface area contributed by atoms with Crippen molar-refractivity contribution in [2.45, 2.75) is 39.3 Å². The Morgan fingerprint density at radius 3 is 1.36 bits per heavy atom. The van der Waals surface area contributed by atoms with Crippen LogP contribution in [-0.4, -0.2) is 94.4 Å². The molecule has 0 aromatic heterocycles. The average Bonchev–Trinajstić information content (AvgIpc) is 2.67. The summed E-state index contributed by atoms with van der Waals surface area (Å²) in [5, 5.41) is 0. The molecule has 0 saturated heterocycles. The molecule has 0 bridgehead atoms. The Kier molecular flexibility index (Phi) is 21.5. The van der Waals surface area contributed by atoms with Gasteiger partial charge in [0.2, 0.25) is 0 Å². The molecule has 0 rings (SSSR count). The fourth-order valence-electron chi connectivity index (χ4n) is 2.51. The highest BCUT2D eigenvalue weighted by Crippen LogP contribution is 2.17. The highest BCUT2D eigenvalue weighted by atomic mass is 28.4. The van der Waals surface area contributed by atoms with Crippen molar-refractivity contribution in [1.82, 2.24) is 0 Å². The lowest BCUT2D eigenvalue weighted by molar-refractivity contribution is -0.0107. The van der Waals surface area contributed by atoms with Crippen LogP contribution in [0.25, 0.3) is 0 Å². The van der Waals surface area contributed by atoms with Crippen molar-refractivity contribution in [3.05, 3.63) is 0 Å². The number of ether oxygens (including phenoxy) is 5. The molecule has 0 atom stereocenters. The van der Waals surface area contributed by atoms with Crippen LogP contribution in [0.2, 0.25) is 12.6 Å². The molecule has 0 aliphatic heterocycles. The van der Waals surface area contributed by atoms with Crippen LogP contribution >= 0.6 is 0 Å². The molecule has 0 aromatic rings. The normalized spacial score (nSPS) is 12.0. The van der Waals surface area contributed by atoms with E-state index in [9.17, 15) is 0 Å². The fraction of sp³-hybridized carbons (Fsp3) is 1.00. The van der Waals surface area contributed by atoms with E-state index >= 15 is 0 Å². The predicted molar refractivity (Wildman–Crippen MR) is 112 cm³/mol. The topological polar surface area (TPSA) is 90.6 Å². The second-order valence-corrected chi connectivity index (χ2v) is 9.65. The fourth-order valence-corrected chi connectivity index (χ4v) is 5.00. The van der Waals surface area contributed by atoms with Gasteiger partial charge >= 0.3 is 8.56 Å². The lowest BCUT2D eigenvalue weighted by Crippen LogP contribution is -2.38. The second kappa shape index (κ2) is 21.6. The third kappa shape index (κ3) is 19.2. The highest BCUT2D eigenvalue weighted by Gasteiger charge is 2.29. The molecule has 0 aromatic carbocycles. The first-order chi connectivity index (χ1) is 13.7. The minimum atomic E-state index is -1.97. The predicted octanol–water partition coefficient (Wildman–Crippen LogP) is 1.95. The summed E-state index contributed by atoms with van der Waals surface area (Å²) >= 11 is 0. The van der Waals surface area contributed by atoms with Gasteiger partial charge in [-0.3, -0.25) is 0 Å². The molecule has 9 heteroatoms. The van der Waals surface area contributed by atoms with Crippen LogP contribution < -0.4 is 5.73 Å². The van der Waals surface area contributed by atoms with Crippen molar-refractivity contribution in [3.63, 3.8) is 0 Å². The molecule has 0 unspecified atom stereocenters. The molecular formula is C19H43NO7Si. The highest BCUT2D eigenvalue weighted by molar-refractivity contribution is 6.66. The number of rotatable bonds is 23. The van der Waals surface area contributed by atoms with Gasteiger partial charge in [0.1, 0.15) is 0 Å². The van der Waals surface area contributed by atoms with E-state index in [1.54, 1.807) is 0 Å². The summed E-state index contributed by atoms with van der Waals surface area (Å²) in [7, 11) is -1.97. The molecule has 0 fully saturated rings. The van der Waals surface area contributed by atoms with E-state index in [0.717, 1.165) is 38.7 Å². The first kappa shape index (κ1) is 27.9. The third-order valence-corrected chi connectivity index (χ3v) is 6.88. The Morgan fingerprint density at radius 1 is 0.571 bits per heavy atom. The van der Waals surface area contributed by atoms with Gasteiger partial charge in [-0.05, 0) is 39.3 Å². The van der Waals surface area contributed by atoms with Gasteiger partial charge in [-0.25, -0.2) is 0 Å². The van der Waals surface area contributed by atoms with Crippen LogP contribution in [0.3, 0.4) is 0 Å². The minimum Gasteiger partial charge on any atom is -0.395 e. The number of nitrogens with two attached hydrogens (primary N) is 1. The van der Waals surface area contributed by atoms with Crippen molar-refractivity contribution in [2.24, 2.45) is 5.73 Å². The maximum atomic E-state index is 5.83. The molecule has 28 heavy (non-hydrogen) atoms. The summed E-state index contributed by atoms with van der Waals surface area (Å²) in [4.78, 5) is 0. The Labute approximate surface area is 172 Å². The molecule has 0 amide bonds. The lowest BCUT2D eigenvalue weighted by Gasteiger charge is -2.25. The molecule has 0 radical (unpaired) electrons. The van der Waals surface area contributed by atoms with Gasteiger partial charge in [-0.1, -0.05) is 0 Å². The second-order valence-electron chi connectivity index (χ2n) is 6.31. The molecule has 0 aliphatic rings. The molecule has 2 N–H and O–H groups in total. The van der Waals surface area contributed by atoms with Crippen molar-refractivity contribution in [2.75, 3.05) is 85.8 Å². The van der Waals surface area contributed by atoms with Crippen molar-refractivity contribution < 1.29 is 32.5 Å². The molecule has 0 aliphatic carbocycles. The molecule has 0 spiro atoms. The van der Waals surface area contributed by atoms with Gasteiger partial charge in [0.25, 0.3) is 0 Å². The van der Waals surface area contributed by atoms with Gasteiger partial charge in [0, 0.05) is 26.4 Å². The molecular weight excluding hydrogens is 382 g/mol. The first-order valence-corrected chi connectivity index (χ1v) is 13.1. The van der Waals surface area contributed by atoms with Crippen molar-refractivity contribution in [1.29, 1.82) is 0 Å². The van der Waals surface area contributed by atoms with E-state index in [1.165, 1.54) is 0 Å². The summed E-state index contributed by atoms with van der Waals surface area (Å²) < 4.78 is 38.7. The summed E-state index contributed by atoms with van der Waals surface area (Å²) in [6.07, 6.45) is 2.09. The smallest absolute Gasteiger partial charge is 0.334 e. The van der Waals surface area contributed by atoms with Crippen LogP contribution in [0.1, 0.15) is 26.7 Å². The van der Waals surface area contributed by atoms with E-state index in [0.29, 0.717) is 66.0 Å². The largest absolute Gasteiger partial charge is 0.395 e. The third-order valence-electron chi connectivity index (χ3n) is 3.82. The van der Waals surface area contributed by atoms with Crippen LogP contribution in [0.15, 0.2) is 0 Å². The van der Waals surface area contributed by atoms with Crippen LogP contribution in [0, 0.1) is 0 Å². The average molecular weight is 426 g/mol. The Balaban J connectivity index is 3.23. The number of hydrogen-bond donors (Lipinski definition) is 1. The molecule has 0 heterocycles. The summed E-state index contributed by atoms with van der Waals surface area (Å²) in [6.45, 7) is 14.1. The quantitative estimate of drug-likeness (QED) is 0.196. The number of unbranched alkanes of at least 4 members (excludes halogenated alkanes) is 1. The maximum Gasteiger partial charge on any atom is 0.334 e. The minimum absolute atomic E-state index is 0.540. The van der Waals surface area contributed by atoms with E-state index in [-0.39, 0.29) is 0 Å². The van der Waals surface area contributed by atoms with Gasteiger partial charge in [0.15, 0.2) is 0 Å². The van der Waals surface area contributed by atoms with E-state index in [2.05, 4.69) is 6.55 Å². The standard InChI is InChI=1S/C19H43NO7Si/c1-4-26-28(3,27-5-2)19-7-6-9-21-11-13-23-15-17-25-18-16-24-14-12-22-10-8-20/h4-20H2,1-3H3. The van der Waals surface area contributed by atoms with Crippen LogP contribution in [0.4, 0.5) is 0 Å². The zero-order valence-electron chi connectivity index (χ0n) is 18.2. The van der Waals surface area contributed by atoms with Crippen molar-refractivity contribution >= 4 is 8.56 Å². The molecule has 8 nitrogen and oxygen atoms in total. The van der Waals surface area contributed by atoms with Crippen LogP contribution in [0.5, 0.6) is 0 Å². The zero-order chi connectivity index (χ0) is 20.8. The lowest BCUT2D eigenvalue weighted by atomic mass is 10.4. The maximum absolute atomic E-state index is 5.83. The monoisotopic (exact) mass is 425 g/mol. The number of hydrogen-bond acceptors (Lipinski definition) is 8. The van der Waals surface area contributed by atoms with Crippen molar-refractivity contribution in [3.8, 4) is 0 Å².